The van der Waals surface area contributed by atoms with Crippen LogP contribution in [0.3, 0.4) is 0 Å². The van der Waals surface area contributed by atoms with E-state index in [2.05, 4.69) is 10.4 Å². The molecule has 1 aromatic heterocycles. The average Bonchev–Trinajstić information content (AvgIpc) is 3.26. The Morgan fingerprint density at radius 2 is 1.73 bits per heavy atom. The van der Waals surface area contributed by atoms with Crippen LogP contribution >= 0.6 is 0 Å². The van der Waals surface area contributed by atoms with Gasteiger partial charge in [0.2, 0.25) is 0 Å². The molecule has 0 radical (unpaired) electrons. The van der Waals surface area contributed by atoms with Gasteiger partial charge in [0.15, 0.2) is 5.69 Å². The van der Waals surface area contributed by atoms with Gasteiger partial charge in [0.1, 0.15) is 17.3 Å². The molecule has 0 aliphatic rings. The lowest BCUT2D eigenvalue weighted by atomic mass is 10.1. The van der Waals surface area contributed by atoms with Gasteiger partial charge in [-0.15, -0.1) is 0 Å². The van der Waals surface area contributed by atoms with Crippen LogP contribution in [0.4, 0.5) is 14.5 Å². The summed E-state index contributed by atoms with van der Waals surface area (Å²) in [5.41, 5.74) is 1.95. The third-order valence-electron chi connectivity index (χ3n) is 4.80. The van der Waals surface area contributed by atoms with E-state index in [1.165, 1.54) is 41.1 Å². The first kappa shape index (κ1) is 21.9. The lowest BCUT2D eigenvalue weighted by Gasteiger charge is -2.10. The van der Waals surface area contributed by atoms with Crippen LogP contribution in [0, 0.1) is 11.6 Å². The fourth-order valence-corrected chi connectivity index (χ4v) is 3.26. The van der Waals surface area contributed by atoms with Crippen molar-refractivity contribution < 1.29 is 23.1 Å². The third-order valence-corrected chi connectivity index (χ3v) is 4.80. The Hall–Kier alpha value is -4.33. The zero-order chi connectivity index (χ0) is 23.4. The molecular formula is C25H19F2N3O3. The standard InChI is InChI=1S/C25H19F2N3O3/c1-2-33-25(32)21-15-23(30(29-21)22-9-4-3-8-20(22)27)17-6-5-7-19(14-17)28-24(31)16-10-12-18(26)13-11-16/h3-15H,2H2,1H3,(H,28,31). The maximum absolute atomic E-state index is 14.5. The van der Waals surface area contributed by atoms with Crippen molar-refractivity contribution in [1.29, 1.82) is 0 Å². The molecule has 4 aromatic rings. The van der Waals surface area contributed by atoms with Crippen LogP contribution < -0.4 is 5.32 Å². The van der Waals surface area contributed by atoms with E-state index in [1.807, 2.05) is 0 Å². The van der Waals surface area contributed by atoms with Gasteiger partial charge in [-0.25, -0.2) is 18.3 Å². The number of halogens is 2. The molecular weight excluding hydrogens is 428 g/mol. The van der Waals surface area contributed by atoms with Crippen molar-refractivity contribution in [2.24, 2.45) is 0 Å². The van der Waals surface area contributed by atoms with E-state index in [4.69, 9.17) is 4.74 Å². The van der Waals surface area contributed by atoms with Crippen LogP contribution in [0.2, 0.25) is 0 Å². The van der Waals surface area contributed by atoms with Gasteiger partial charge in [0, 0.05) is 16.8 Å². The molecule has 1 amide bonds. The first-order chi connectivity index (χ1) is 16.0. The van der Waals surface area contributed by atoms with Crippen LogP contribution in [0.1, 0.15) is 27.8 Å². The predicted octanol–water partition coefficient (Wildman–Crippen LogP) is 5.25. The number of hydrogen-bond acceptors (Lipinski definition) is 4. The molecule has 0 unspecified atom stereocenters. The van der Waals surface area contributed by atoms with Gasteiger partial charge in [-0.2, -0.15) is 5.10 Å². The lowest BCUT2D eigenvalue weighted by molar-refractivity contribution is 0.0518. The SMILES string of the molecule is CCOC(=O)c1cc(-c2cccc(NC(=O)c3ccc(F)cc3)c2)n(-c2ccccc2F)n1. The van der Waals surface area contributed by atoms with E-state index in [0.29, 0.717) is 22.5 Å². The maximum Gasteiger partial charge on any atom is 0.358 e. The van der Waals surface area contributed by atoms with E-state index in [0.717, 1.165) is 0 Å². The van der Waals surface area contributed by atoms with Crippen molar-refractivity contribution in [2.75, 3.05) is 11.9 Å². The summed E-state index contributed by atoms with van der Waals surface area (Å²) in [4.78, 5) is 24.8. The number of amides is 1. The highest BCUT2D eigenvalue weighted by atomic mass is 19.1. The second-order valence-electron chi connectivity index (χ2n) is 7.04. The molecule has 166 valence electrons. The fourth-order valence-electron chi connectivity index (χ4n) is 3.26. The lowest BCUT2D eigenvalue weighted by Crippen LogP contribution is -2.11. The number of aromatic nitrogens is 2. The number of nitrogens with zero attached hydrogens (tertiary/aromatic N) is 2. The minimum absolute atomic E-state index is 0.0239. The Morgan fingerprint density at radius 1 is 0.970 bits per heavy atom. The van der Waals surface area contributed by atoms with E-state index in [1.54, 1.807) is 49.4 Å². The highest BCUT2D eigenvalue weighted by Crippen LogP contribution is 2.28. The summed E-state index contributed by atoms with van der Waals surface area (Å²) in [6.45, 7) is 1.85. The smallest absolute Gasteiger partial charge is 0.358 e. The molecule has 0 spiro atoms. The third kappa shape index (κ3) is 4.79. The molecule has 4 rings (SSSR count). The zero-order valence-corrected chi connectivity index (χ0v) is 17.6. The number of anilines is 1. The number of esters is 1. The minimum Gasteiger partial charge on any atom is -0.461 e. The Morgan fingerprint density at radius 3 is 2.45 bits per heavy atom. The second-order valence-corrected chi connectivity index (χ2v) is 7.04. The van der Waals surface area contributed by atoms with Crippen molar-refractivity contribution in [3.63, 3.8) is 0 Å². The van der Waals surface area contributed by atoms with Crippen LogP contribution in [0.15, 0.2) is 78.9 Å². The predicted molar refractivity (Wildman–Crippen MR) is 119 cm³/mol. The van der Waals surface area contributed by atoms with Gasteiger partial charge < -0.3 is 10.1 Å². The molecule has 0 fully saturated rings. The van der Waals surface area contributed by atoms with E-state index in [-0.39, 0.29) is 18.0 Å². The molecule has 0 aliphatic heterocycles. The van der Waals surface area contributed by atoms with E-state index < -0.39 is 23.5 Å². The van der Waals surface area contributed by atoms with Crippen LogP contribution in [-0.2, 0) is 4.74 Å². The number of para-hydroxylation sites is 1. The number of nitrogens with one attached hydrogen (secondary N) is 1. The van der Waals surface area contributed by atoms with Gasteiger partial charge >= 0.3 is 5.97 Å². The van der Waals surface area contributed by atoms with Gasteiger partial charge in [-0.05, 0) is 61.5 Å². The molecule has 1 N–H and O–H groups in total. The van der Waals surface area contributed by atoms with Gasteiger partial charge in [-0.1, -0.05) is 24.3 Å². The second kappa shape index (κ2) is 9.44. The van der Waals surface area contributed by atoms with Crippen molar-refractivity contribution in [3.05, 3.63) is 102 Å². The summed E-state index contributed by atoms with van der Waals surface area (Å²) in [6.07, 6.45) is 0. The van der Waals surface area contributed by atoms with Crippen molar-refractivity contribution >= 4 is 17.6 Å². The van der Waals surface area contributed by atoms with Crippen molar-refractivity contribution in [1.82, 2.24) is 9.78 Å². The molecule has 6 nitrogen and oxygen atoms in total. The molecule has 3 aromatic carbocycles. The summed E-state index contributed by atoms with van der Waals surface area (Å²) in [5.74, 6) is -2.00. The first-order valence-electron chi connectivity index (χ1n) is 10.2. The number of ether oxygens (including phenoxy) is 1. The Labute approximate surface area is 188 Å². The zero-order valence-electron chi connectivity index (χ0n) is 17.6. The molecule has 0 saturated carbocycles. The summed E-state index contributed by atoms with van der Waals surface area (Å²) in [6, 6.07) is 19.5. The Kier molecular flexibility index (Phi) is 6.26. The average molecular weight is 447 g/mol. The van der Waals surface area contributed by atoms with Crippen LogP contribution in [0.5, 0.6) is 0 Å². The molecule has 0 atom stereocenters. The minimum atomic E-state index is -0.630. The van der Waals surface area contributed by atoms with Gasteiger partial charge in [0.25, 0.3) is 5.91 Å². The normalized spacial score (nSPS) is 10.6. The molecule has 0 aliphatic carbocycles. The Bertz CT molecular complexity index is 1320. The summed E-state index contributed by atoms with van der Waals surface area (Å²) in [5, 5.41) is 7.01. The summed E-state index contributed by atoms with van der Waals surface area (Å²) in [7, 11) is 0. The number of benzene rings is 3. The molecule has 1 heterocycles. The number of rotatable bonds is 6. The number of carbonyl (C=O) groups excluding carboxylic acids is 2. The number of hydrogen-bond donors (Lipinski definition) is 1. The number of carbonyl (C=O) groups is 2. The first-order valence-corrected chi connectivity index (χ1v) is 10.2. The Balaban J connectivity index is 1.72. The van der Waals surface area contributed by atoms with Crippen molar-refractivity contribution in [2.45, 2.75) is 6.92 Å². The molecule has 33 heavy (non-hydrogen) atoms. The maximum atomic E-state index is 14.5. The highest BCUT2D eigenvalue weighted by Gasteiger charge is 2.19. The molecule has 0 bridgehead atoms. The van der Waals surface area contributed by atoms with Crippen LogP contribution in [0.25, 0.3) is 16.9 Å². The monoisotopic (exact) mass is 447 g/mol. The largest absolute Gasteiger partial charge is 0.461 e. The van der Waals surface area contributed by atoms with Gasteiger partial charge in [-0.3, -0.25) is 4.79 Å². The topological polar surface area (TPSA) is 73.2 Å². The fraction of sp³-hybridized carbons (Fsp3) is 0.0800. The molecule has 0 saturated heterocycles. The summed E-state index contributed by atoms with van der Waals surface area (Å²) >= 11 is 0. The highest BCUT2D eigenvalue weighted by molar-refractivity contribution is 6.04. The van der Waals surface area contributed by atoms with E-state index in [9.17, 15) is 18.4 Å². The van der Waals surface area contributed by atoms with Crippen LogP contribution in [-0.4, -0.2) is 28.3 Å². The molecule has 8 heteroatoms. The summed E-state index contributed by atoms with van der Waals surface area (Å²) < 4.78 is 34.0. The van der Waals surface area contributed by atoms with Crippen molar-refractivity contribution in [3.8, 4) is 16.9 Å². The van der Waals surface area contributed by atoms with Gasteiger partial charge in [0.05, 0.1) is 12.3 Å². The van der Waals surface area contributed by atoms with E-state index >= 15 is 0 Å². The quantitative estimate of drug-likeness (QED) is 0.410.